The van der Waals surface area contributed by atoms with Crippen molar-refractivity contribution in [2.75, 3.05) is 5.32 Å². The van der Waals surface area contributed by atoms with Gasteiger partial charge in [0.05, 0.1) is 12.5 Å². The van der Waals surface area contributed by atoms with E-state index in [0.29, 0.717) is 11.3 Å². The van der Waals surface area contributed by atoms with Crippen molar-refractivity contribution < 1.29 is 19.1 Å². The highest BCUT2D eigenvalue weighted by Crippen LogP contribution is 2.20. The zero-order valence-electron chi connectivity index (χ0n) is 11.3. The van der Waals surface area contributed by atoms with E-state index in [4.69, 9.17) is 15.3 Å². The summed E-state index contributed by atoms with van der Waals surface area (Å²) in [6.07, 6.45) is -0.465. The van der Waals surface area contributed by atoms with E-state index in [1.54, 1.807) is 19.1 Å². The summed E-state index contributed by atoms with van der Waals surface area (Å²) < 4.78 is 5.06. The number of hydrogen-bond donors (Lipinski definition) is 3. The Kier molecular flexibility index (Phi) is 4.04. The average molecular weight is 290 g/mol. The molecule has 21 heavy (non-hydrogen) atoms. The van der Waals surface area contributed by atoms with Crippen molar-refractivity contribution in [1.82, 2.24) is 0 Å². The lowest BCUT2D eigenvalue weighted by Crippen LogP contribution is -2.37. The van der Waals surface area contributed by atoms with E-state index >= 15 is 0 Å². The summed E-state index contributed by atoms with van der Waals surface area (Å²) in [7, 11) is 0. The first-order chi connectivity index (χ1) is 9.86. The Morgan fingerprint density at radius 3 is 2.76 bits per heavy atom. The lowest BCUT2D eigenvalue weighted by Gasteiger charge is -2.10. The van der Waals surface area contributed by atoms with E-state index < -0.39 is 30.0 Å². The minimum absolute atomic E-state index is 0.338. The number of nitrogens with one attached hydrogen (secondary N) is 1. The molecule has 1 atom stereocenters. The van der Waals surface area contributed by atoms with Crippen LogP contribution in [0.15, 0.2) is 33.5 Å². The van der Waals surface area contributed by atoms with Crippen molar-refractivity contribution in [1.29, 1.82) is 0 Å². The Morgan fingerprint density at radius 1 is 1.38 bits per heavy atom. The first-order valence-corrected chi connectivity index (χ1v) is 6.19. The van der Waals surface area contributed by atoms with E-state index in [1.807, 2.05) is 0 Å². The normalized spacial score (nSPS) is 12.1. The number of anilines is 1. The lowest BCUT2D eigenvalue weighted by molar-refractivity contribution is -0.138. The fourth-order valence-electron chi connectivity index (χ4n) is 1.92. The molecule has 1 unspecified atom stereocenters. The lowest BCUT2D eigenvalue weighted by atomic mass is 10.1. The van der Waals surface area contributed by atoms with Crippen LogP contribution in [0.3, 0.4) is 0 Å². The monoisotopic (exact) mass is 290 g/mol. The fraction of sp³-hybridized carbons (Fsp3) is 0.214. The number of rotatable bonds is 4. The van der Waals surface area contributed by atoms with Gasteiger partial charge in [-0.05, 0) is 24.6 Å². The summed E-state index contributed by atoms with van der Waals surface area (Å²) >= 11 is 0. The minimum Gasteiger partial charge on any atom is -0.481 e. The van der Waals surface area contributed by atoms with Crippen LogP contribution >= 0.6 is 0 Å². The number of benzene rings is 1. The van der Waals surface area contributed by atoms with Crippen LogP contribution in [-0.4, -0.2) is 23.0 Å². The van der Waals surface area contributed by atoms with Crippen molar-refractivity contribution in [2.24, 2.45) is 5.73 Å². The fourth-order valence-corrected chi connectivity index (χ4v) is 1.92. The molecule has 0 bridgehead atoms. The van der Waals surface area contributed by atoms with Crippen LogP contribution in [-0.2, 0) is 9.59 Å². The van der Waals surface area contributed by atoms with Crippen LogP contribution < -0.4 is 16.7 Å². The number of amides is 1. The van der Waals surface area contributed by atoms with Crippen LogP contribution in [0, 0.1) is 6.92 Å². The van der Waals surface area contributed by atoms with Gasteiger partial charge in [-0.25, -0.2) is 4.79 Å². The molecule has 0 spiro atoms. The third-order valence-electron chi connectivity index (χ3n) is 2.95. The highest BCUT2D eigenvalue weighted by Gasteiger charge is 2.17. The minimum atomic E-state index is -1.15. The summed E-state index contributed by atoms with van der Waals surface area (Å²) in [4.78, 5) is 33.6. The highest BCUT2D eigenvalue weighted by molar-refractivity contribution is 5.98. The summed E-state index contributed by atoms with van der Waals surface area (Å²) in [5, 5.41) is 11.8. The van der Waals surface area contributed by atoms with Crippen molar-refractivity contribution in [3.05, 3.63) is 40.2 Å². The molecule has 7 heteroatoms. The van der Waals surface area contributed by atoms with E-state index in [1.165, 1.54) is 12.1 Å². The molecular formula is C14H14N2O5. The van der Waals surface area contributed by atoms with Gasteiger partial charge in [-0.3, -0.25) is 9.59 Å². The number of nitrogens with two attached hydrogens (primary N) is 1. The van der Waals surface area contributed by atoms with Gasteiger partial charge in [0, 0.05) is 23.2 Å². The van der Waals surface area contributed by atoms with Crippen molar-refractivity contribution in [2.45, 2.75) is 19.4 Å². The van der Waals surface area contributed by atoms with Gasteiger partial charge in [0.2, 0.25) is 5.91 Å². The maximum absolute atomic E-state index is 11.7. The molecule has 2 aromatic rings. The van der Waals surface area contributed by atoms with Gasteiger partial charge < -0.3 is 20.6 Å². The highest BCUT2D eigenvalue weighted by atomic mass is 16.4. The Balaban J connectivity index is 2.25. The largest absolute Gasteiger partial charge is 0.481 e. The van der Waals surface area contributed by atoms with E-state index in [0.717, 1.165) is 10.9 Å². The molecule has 0 aliphatic rings. The third kappa shape index (κ3) is 3.46. The van der Waals surface area contributed by atoms with Gasteiger partial charge in [0.25, 0.3) is 0 Å². The van der Waals surface area contributed by atoms with Crippen LogP contribution in [0.5, 0.6) is 0 Å². The van der Waals surface area contributed by atoms with Gasteiger partial charge in [-0.1, -0.05) is 0 Å². The van der Waals surface area contributed by atoms with Crippen molar-refractivity contribution in [3.63, 3.8) is 0 Å². The van der Waals surface area contributed by atoms with Gasteiger partial charge in [-0.15, -0.1) is 0 Å². The second-order valence-electron chi connectivity index (χ2n) is 4.65. The second kappa shape index (κ2) is 5.76. The summed E-state index contributed by atoms with van der Waals surface area (Å²) in [6.45, 7) is 1.78. The Hall–Kier alpha value is -2.67. The van der Waals surface area contributed by atoms with Gasteiger partial charge in [0.15, 0.2) is 0 Å². The van der Waals surface area contributed by atoms with Crippen LogP contribution in [0.4, 0.5) is 5.69 Å². The molecular weight excluding hydrogens is 276 g/mol. The number of hydrogen-bond acceptors (Lipinski definition) is 5. The molecule has 0 saturated heterocycles. The standard InChI is InChI=1S/C14H14N2O5/c1-7-4-13(19)21-11-5-8(2-3-9(7)11)16-14(20)10(15)6-12(17)18/h2-5,10H,6,15H2,1H3,(H,16,20)(H,17,18). The van der Waals surface area contributed by atoms with Crippen molar-refractivity contribution in [3.8, 4) is 0 Å². The smallest absolute Gasteiger partial charge is 0.336 e. The Bertz CT molecular complexity index is 766. The summed E-state index contributed by atoms with van der Waals surface area (Å²) in [5.74, 6) is -1.77. The predicted molar refractivity (Wildman–Crippen MR) is 76.1 cm³/mol. The number of aliphatic carboxylic acids is 1. The van der Waals surface area contributed by atoms with Gasteiger partial charge in [0.1, 0.15) is 5.58 Å². The molecule has 2 rings (SSSR count). The maximum Gasteiger partial charge on any atom is 0.336 e. The van der Waals surface area contributed by atoms with Crippen molar-refractivity contribution >= 4 is 28.5 Å². The van der Waals surface area contributed by atoms with Crippen LogP contribution in [0.25, 0.3) is 11.0 Å². The number of fused-ring (bicyclic) bond motifs is 1. The second-order valence-corrected chi connectivity index (χ2v) is 4.65. The molecule has 1 aromatic heterocycles. The number of carboxylic acids is 1. The SMILES string of the molecule is Cc1cc(=O)oc2cc(NC(=O)C(N)CC(=O)O)ccc12. The van der Waals surface area contributed by atoms with E-state index in [2.05, 4.69) is 5.32 Å². The molecule has 0 aliphatic heterocycles. The van der Waals surface area contributed by atoms with Crippen LogP contribution in [0.1, 0.15) is 12.0 Å². The molecule has 110 valence electrons. The first kappa shape index (κ1) is 14.7. The topological polar surface area (TPSA) is 123 Å². The predicted octanol–water partition coefficient (Wildman–Crippen LogP) is 0.842. The molecule has 0 fully saturated rings. The zero-order valence-corrected chi connectivity index (χ0v) is 11.3. The molecule has 0 saturated carbocycles. The molecule has 7 nitrogen and oxygen atoms in total. The first-order valence-electron chi connectivity index (χ1n) is 6.19. The molecule has 1 heterocycles. The number of aryl methyl sites for hydroxylation is 1. The zero-order chi connectivity index (χ0) is 15.6. The van der Waals surface area contributed by atoms with Gasteiger partial charge >= 0.3 is 11.6 Å². The molecule has 0 radical (unpaired) electrons. The maximum atomic E-state index is 11.7. The molecule has 1 aromatic carbocycles. The summed E-state index contributed by atoms with van der Waals surface area (Å²) in [5.41, 5.74) is 6.46. The summed E-state index contributed by atoms with van der Waals surface area (Å²) in [6, 6.07) is 5.05. The van der Waals surface area contributed by atoms with Crippen LogP contribution in [0.2, 0.25) is 0 Å². The quantitative estimate of drug-likeness (QED) is 0.717. The average Bonchev–Trinajstić information content (AvgIpc) is 2.37. The molecule has 0 aliphatic carbocycles. The number of carbonyl (C=O) groups excluding carboxylic acids is 1. The van der Waals surface area contributed by atoms with Gasteiger partial charge in [-0.2, -0.15) is 0 Å². The Labute approximate surface area is 119 Å². The molecule has 1 amide bonds. The third-order valence-corrected chi connectivity index (χ3v) is 2.95. The van der Waals surface area contributed by atoms with E-state index in [-0.39, 0.29) is 0 Å². The Morgan fingerprint density at radius 2 is 2.10 bits per heavy atom. The number of carbonyl (C=O) groups is 2. The number of carboxylic acid groups (broad SMARTS) is 1. The van der Waals surface area contributed by atoms with E-state index in [9.17, 15) is 14.4 Å². The molecule has 4 N–H and O–H groups in total.